The van der Waals surface area contributed by atoms with Crippen molar-refractivity contribution in [3.63, 3.8) is 0 Å². The van der Waals surface area contributed by atoms with E-state index >= 15 is 0 Å². The highest BCUT2D eigenvalue weighted by Crippen LogP contribution is 2.38. The molecule has 1 aliphatic heterocycles. The van der Waals surface area contributed by atoms with Gasteiger partial charge >= 0.3 is 18.1 Å². The zero-order valence-electron chi connectivity index (χ0n) is 19.9. The van der Waals surface area contributed by atoms with Crippen molar-refractivity contribution >= 4 is 17.6 Å². The Bertz CT molecular complexity index is 1140. The van der Waals surface area contributed by atoms with Gasteiger partial charge in [0.15, 0.2) is 6.29 Å². The van der Waals surface area contributed by atoms with Crippen LogP contribution in [-0.4, -0.2) is 53.7 Å². The van der Waals surface area contributed by atoms with Gasteiger partial charge in [0.1, 0.15) is 23.9 Å². The Morgan fingerprint density at radius 3 is 2.28 bits per heavy atom. The van der Waals surface area contributed by atoms with Gasteiger partial charge in [-0.05, 0) is 36.4 Å². The SMILES string of the molecule is COC(=O)C1=C(C(=O)OC)N(c2ccc(Oc3cccc(C(F)(F)F)c3)c(C(OC)OC)c2)COC1. The van der Waals surface area contributed by atoms with Crippen molar-refractivity contribution in [1.29, 1.82) is 0 Å². The molecule has 0 bridgehead atoms. The molecule has 0 atom stereocenters. The van der Waals surface area contributed by atoms with E-state index in [0.29, 0.717) is 11.3 Å². The molecular formula is C24H24F3NO8. The molecule has 0 N–H and O–H groups in total. The highest BCUT2D eigenvalue weighted by molar-refractivity contribution is 6.03. The number of halogens is 3. The molecular weight excluding hydrogens is 487 g/mol. The van der Waals surface area contributed by atoms with Crippen LogP contribution in [0.2, 0.25) is 0 Å². The first-order valence-electron chi connectivity index (χ1n) is 10.4. The van der Waals surface area contributed by atoms with Crippen LogP contribution in [0.15, 0.2) is 53.7 Å². The summed E-state index contributed by atoms with van der Waals surface area (Å²) in [7, 11) is 5.08. The minimum atomic E-state index is -4.55. The maximum Gasteiger partial charge on any atom is 0.416 e. The van der Waals surface area contributed by atoms with Crippen LogP contribution < -0.4 is 9.64 Å². The number of carbonyl (C=O) groups is 2. The summed E-state index contributed by atoms with van der Waals surface area (Å²) in [5, 5.41) is 0. The van der Waals surface area contributed by atoms with Crippen LogP contribution in [0.1, 0.15) is 17.4 Å². The lowest BCUT2D eigenvalue weighted by molar-refractivity contribution is -0.140. The minimum absolute atomic E-state index is 0.0449. The van der Waals surface area contributed by atoms with E-state index in [-0.39, 0.29) is 36.1 Å². The Balaban J connectivity index is 2.09. The predicted molar refractivity (Wildman–Crippen MR) is 119 cm³/mol. The average molecular weight is 511 g/mol. The van der Waals surface area contributed by atoms with Crippen molar-refractivity contribution < 1.29 is 51.2 Å². The maximum absolute atomic E-state index is 13.1. The van der Waals surface area contributed by atoms with Crippen LogP contribution >= 0.6 is 0 Å². The Labute approximate surface area is 204 Å². The molecule has 194 valence electrons. The molecule has 0 radical (unpaired) electrons. The summed E-state index contributed by atoms with van der Waals surface area (Å²) in [6, 6.07) is 8.93. The summed E-state index contributed by atoms with van der Waals surface area (Å²) in [4.78, 5) is 26.2. The fourth-order valence-corrected chi connectivity index (χ4v) is 3.54. The second kappa shape index (κ2) is 11.4. The number of rotatable bonds is 8. The van der Waals surface area contributed by atoms with Gasteiger partial charge in [-0.15, -0.1) is 0 Å². The molecule has 12 heteroatoms. The number of esters is 2. The number of carbonyl (C=O) groups excluding carboxylic acids is 2. The molecule has 0 saturated heterocycles. The largest absolute Gasteiger partial charge is 0.466 e. The summed E-state index contributed by atoms with van der Waals surface area (Å²) in [6.45, 7) is -0.279. The zero-order chi connectivity index (χ0) is 26.5. The summed E-state index contributed by atoms with van der Waals surface area (Å²) in [5.41, 5.74) is -0.343. The minimum Gasteiger partial charge on any atom is -0.466 e. The molecule has 0 fully saturated rings. The quantitative estimate of drug-likeness (QED) is 0.382. The van der Waals surface area contributed by atoms with Crippen molar-refractivity contribution in [3.05, 3.63) is 64.9 Å². The first-order chi connectivity index (χ1) is 17.1. The third-order valence-electron chi connectivity index (χ3n) is 5.21. The average Bonchev–Trinajstić information content (AvgIpc) is 2.88. The number of methoxy groups -OCH3 is 4. The Kier molecular flexibility index (Phi) is 8.56. The topological polar surface area (TPSA) is 92.8 Å². The third-order valence-corrected chi connectivity index (χ3v) is 5.21. The van der Waals surface area contributed by atoms with Crippen LogP contribution in [0.5, 0.6) is 11.5 Å². The van der Waals surface area contributed by atoms with Gasteiger partial charge in [-0.1, -0.05) is 6.07 Å². The monoisotopic (exact) mass is 511 g/mol. The molecule has 3 rings (SSSR count). The molecule has 0 spiro atoms. The molecule has 2 aromatic rings. The van der Waals surface area contributed by atoms with E-state index in [4.69, 9.17) is 28.4 Å². The molecule has 2 aromatic carbocycles. The molecule has 1 aliphatic rings. The lowest BCUT2D eigenvalue weighted by Crippen LogP contribution is -2.38. The molecule has 0 amide bonds. The standard InChI is InChI=1S/C24H24F3NO8/c1-31-21(29)18-12-35-13-28(20(18)22(30)32-2)15-8-9-19(17(11-15)23(33-3)34-4)36-16-7-5-6-14(10-16)24(25,26)27/h5-11,23H,12-13H2,1-4H3. The lowest BCUT2D eigenvalue weighted by atomic mass is 10.1. The van der Waals surface area contributed by atoms with Crippen LogP contribution in [0, 0.1) is 0 Å². The molecule has 0 aliphatic carbocycles. The fraction of sp³-hybridized carbons (Fsp3) is 0.333. The summed E-state index contributed by atoms with van der Waals surface area (Å²) >= 11 is 0. The number of nitrogens with zero attached hydrogens (tertiary/aromatic N) is 1. The van der Waals surface area contributed by atoms with Crippen molar-refractivity contribution in [2.75, 3.05) is 46.7 Å². The molecule has 0 unspecified atom stereocenters. The fourth-order valence-electron chi connectivity index (χ4n) is 3.54. The van der Waals surface area contributed by atoms with Gasteiger partial charge in [0, 0.05) is 19.9 Å². The number of hydrogen-bond acceptors (Lipinski definition) is 9. The molecule has 0 aromatic heterocycles. The number of hydrogen-bond donors (Lipinski definition) is 0. The summed E-state index contributed by atoms with van der Waals surface area (Å²) in [5.74, 6) is -1.48. The van der Waals surface area contributed by atoms with Gasteiger partial charge in [-0.2, -0.15) is 13.2 Å². The van der Waals surface area contributed by atoms with E-state index in [9.17, 15) is 22.8 Å². The van der Waals surface area contributed by atoms with Crippen LogP contribution in [-0.2, 0) is 39.4 Å². The maximum atomic E-state index is 13.1. The zero-order valence-corrected chi connectivity index (χ0v) is 19.9. The van der Waals surface area contributed by atoms with Crippen LogP contribution in [0.3, 0.4) is 0 Å². The first kappa shape index (κ1) is 27.0. The Hall–Kier alpha value is -3.61. The van der Waals surface area contributed by atoms with Crippen molar-refractivity contribution in [2.24, 2.45) is 0 Å². The van der Waals surface area contributed by atoms with E-state index < -0.39 is 30.0 Å². The van der Waals surface area contributed by atoms with Crippen molar-refractivity contribution in [3.8, 4) is 11.5 Å². The van der Waals surface area contributed by atoms with Crippen molar-refractivity contribution in [2.45, 2.75) is 12.5 Å². The van der Waals surface area contributed by atoms with Gasteiger partial charge < -0.3 is 33.3 Å². The first-order valence-corrected chi connectivity index (χ1v) is 10.4. The van der Waals surface area contributed by atoms with Gasteiger partial charge in [-0.25, -0.2) is 9.59 Å². The van der Waals surface area contributed by atoms with E-state index in [0.717, 1.165) is 12.1 Å². The second-order valence-electron chi connectivity index (χ2n) is 7.37. The lowest BCUT2D eigenvalue weighted by Gasteiger charge is -2.32. The number of benzene rings is 2. The van der Waals surface area contributed by atoms with Crippen LogP contribution in [0.4, 0.5) is 18.9 Å². The number of ether oxygens (including phenoxy) is 6. The van der Waals surface area contributed by atoms with E-state index in [2.05, 4.69) is 0 Å². The summed E-state index contributed by atoms with van der Waals surface area (Å²) < 4.78 is 71.0. The molecule has 0 saturated carbocycles. The van der Waals surface area contributed by atoms with Crippen LogP contribution in [0.25, 0.3) is 0 Å². The van der Waals surface area contributed by atoms with E-state index in [1.807, 2.05) is 0 Å². The van der Waals surface area contributed by atoms with Gasteiger partial charge in [0.25, 0.3) is 0 Å². The highest BCUT2D eigenvalue weighted by Gasteiger charge is 2.34. The van der Waals surface area contributed by atoms with E-state index in [1.54, 1.807) is 0 Å². The molecule has 1 heterocycles. The Morgan fingerprint density at radius 2 is 1.67 bits per heavy atom. The second-order valence-corrected chi connectivity index (χ2v) is 7.37. The van der Waals surface area contributed by atoms with Crippen molar-refractivity contribution in [1.82, 2.24) is 0 Å². The van der Waals surface area contributed by atoms with Gasteiger partial charge in [0.05, 0.1) is 37.5 Å². The normalized spacial score (nSPS) is 14.2. The Morgan fingerprint density at radius 1 is 0.972 bits per heavy atom. The summed E-state index contributed by atoms with van der Waals surface area (Å²) in [6.07, 6.45) is -5.53. The third kappa shape index (κ3) is 5.78. The van der Waals surface area contributed by atoms with Gasteiger partial charge in [-0.3, -0.25) is 0 Å². The highest BCUT2D eigenvalue weighted by atomic mass is 19.4. The van der Waals surface area contributed by atoms with Gasteiger partial charge in [0.2, 0.25) is 0 Å². The molecule has 9 nitrogen and oxygen atoms in total. The number of alkyl halides is 3. The number of anilines is 1. The molecule has 36 heavy (non-hydrogen) atoms. The smallest absolute Gasteiger partial charge is 0.416 e. The predicted octanol–water partition coefficient (Wildman–Crippen LogP) is 4.18. The van der Waals surface area contributed by atoms with E-state index in [1.165, 1.54) is 63.7 Å².